The maximum absolute atomic E-state index is 13.6. The van der Waals surface area contributed by atoms with E-state index in [1.165, 1.54) is 31.5 Å². The number of carbonyl (C=O) groups is 2. The number of aldehydes is 1. The van der Waals surface area contributed by atoms with Crippen LogP contribution in [0.4, 0.5) is 24.5 Å². The molecular formula is C26H23F3N2O3. The number of hydrogen-bond acceptors (Lipinski definition) is 5. The van der Waals surface area contributed by atoms with E-state index in [0.29, 0.717) is 41.6 Å². The lowest BCUT2D eigenvalue weighted by Crippen LogP contribution is -2.21. The summed E-state index contributed by atoms with van der Waals surface area (Å²) in [4.78, 5) is 30.1. The third-order valence-corrected chi connectivity index (χ3v) is 6.60. The first kappa shape index (κ1) is 22.4. The van der Waals surface area contributed by atoms with Gasteiger partial charge in [-0.3, -0.25) is 9.78 Å². The summed E-state index contributed by atoms with van der Waals surface area (Å²) >= 11 is 0. The molecule has 1 heterocycles. The second kappa shape index (κ2) is 8.42. The molecule has 0 N–H and O–H groups in total. The zero-order valence-electron chi connectivity index (χ0n) is 18.5. The van der Waals surface area contributed by atoms with E-state index in [0.717, 1.165) is 25.2 Å². The fourth-order valence-electron chi connectivity index (χ4n) is 4.44. The van der Waals surface area contributed by atoms with Crippen molar-refractivity contribution >= 4 is 34.3 Å². The molecule has 0 spiro atoms. The number of rotatable bonds is 8. The number of hydrogen-bond donors (Lipinski definition) is 0. The predicted molar refractivity (Wildman–Crippen MR) is 121 cm³/mol. The Morgan fingerprint density at radius 1 is 1.21 bits per heavy atom. The van der Waals surface area contributed by atoms with Gasteiger partial charge in [-0.25, -0.2) is 0 Å². The smallest absolute Gasteiger partial charge is 0.417 e. The Bertz CT molecular complexity index is 1270. The Morgan fingerprint density at radius 2 is 2.00 bits per heavy atom. The van der Waals surface area contributed by atoms with Gasteiger partial charge in [0.2, 0.25) is 0 Å². The number of aromatic nitrogens is 1. The van der Waals surface area contributed by atoms with E-state index in [1.54, 1.807) is 18.2 Å². The predicted octanol–water partition coefficient (Wildman–Crippen LogP) is 5.83. The summed E-state index contributed by atoms with van der Waals surface area (Å²) < 4.78 is 46.4. The summed E-state index contributed by atoms with van der Waals surface area (Å²) in [5.41, 5.74) is 1.22. The topological polar surface area (TPSA) is 59.5 Å². The van der Waals surface area contributed by atoms with Gasteiger partial charge in [0.15, 0.2) is 5.78 Å². The minimum absolute atomic E-state index is 0.0423. The molecule has 0 saturated heterocycles. The van der Waals surface area contributed by atoms with E-state index < -0.39 is 11.7 Å². The van der Waals surface area contributed by atoms with Gasteiger partial charge in [0.25, 0.3) is 0 Å². The molecule has 2 unspecified atom stereocenters. The van der Waals surface area contributed by atoms with Gasteiger partial charge in [-0.2, -0.15) is 13.2 Å². The van der Waals surface area contributed by atoms with E-state index >= 15 is 0 Å². The Labute approximate surface area is 194 Å². The molecule has 5 nitrogen and oxygen atoms in total. The summed E-state index contributed by atoms with van der Waals surface area (Å²) in [5, 5.41) is 0.0423. The highest BCUT2D eigenvalue weighted by atomic mass is 19.4. The molecule has 176 valence electrons. The van der Waals surface area contributed by atoms with E-state index in [9.17, 15) is 22.8 Å². The molecule has 0 radical (unpaired) electrons. The molecule has 0 amide bonds. The van der Waals surface area contributed by atoms with Crippen molar-refractivity contribution in [2.45, 2.75) is 25.4 Å². The number of halogens is 3. The molecule has 2 aliphatic carbocycles. The summed E-state index contributed by atoms with van der Waals surface area (Å²) in [7, 11) is 1.47. The van der Waals surface area contributed by atoms with Crippen molar-refractivity contribution in [1.82, 2.24) is 4.98 Å². The van der Waals surface area contributed by atoms with Crippen molar-refractivity contribution in [2.24, 2.45) is 17.8 Å². The van der Waals surface area contributed by atoms with Crippen molar-refractivity contribution in [3.05, 3.63) is 59.8 Å². The Kier molecular flexibility index (Phi) is 5.54. The second-order valence-corrected chi connectivity index (χ2v) is 8.97. The number of methoxy groups -OCH3 is 1. The van der Waals surface area contributed by atoms with Gasteiger partial charge < -0.3 is 14.4 Å². The molecule has 34 heavy (non-hydrogen) atoms. The van der Waals surface area contributed by atoms with Crippen LogP contribution in [-0.4, -0.2) is 30.7 Å². The largest absolute Gasteiger partial charge is 0.496 e. The van der Waals surface area contributed by atoms with Crippen molar-refractivity contribution in [3.63, 3.8) is 0 Å². The van der Waals surface area contributed by atoms with Crippen LogP contribution in [0, 0.1) is 17.8 Å². The van der Waals surface area contributed by atoms with Crippen molar-refractivity contribution < 1.29 is 27.5 Å². The van der Waals surface area contributed by atoms with Crippen LogP contribution in [0.2, 0.25) is 0 Å². The first-order chi connectivity index (χ1) is 16.3. The van der Waals surface area contributed by atoms with Crippen LogP contribution < -0.4 is 9.64 Å². The Hall–Kier alpha value is -3.42. The monoisotopic (exact) mass is 468 g/mol. The van der Waals surface area contributed by atoms with Gasteiger partial charge in [0.05, 0.1) is 29.4 Å². The van der Waals surface area contributed by atoms with Gasteiger partial charge in [-0.1, -0.05) is 6.07 Å². The summed E-state index contributed by atoms with van der Waals surface area (Å²) in [6.07, 6.45) is 0.445. The van der Waals surface area contributed by atoms with E-state index in [1.807, 2.05) is 4.90 Å². The number of pyridine rings is 1. The van der Waals surface area contributed by atoms with E-state index in [2.05, 4.69) is 4.98 Å². The molecule has 3 aromatic rings. The van der Waals surface area contributed by atoms with Crippen molar-refractivity contribution in [3.8, 4) is 5.75 Å². The number of benzene rings is 2. The minimum Gasteiger partial charge on any atom is -0.496 e. The molecule has 2 aromatic carbocycles. The highest BCUT2D eigenvalue weighted by Crippen LogP contribution is 2.44. The van der Waals surface area contributed by atoms with Gasteiger partial charge >= 0.3 is 6.18 Å². The van der Waals surface area contributed by atoms with Crippen molar-refractivity contribution in [2.75, 3.05) is 18.6 Å². The fourth-order valence-corrected chi connectivity index (χ4v) is 4.44. The number of alkyl halides is 3. The SMILES string of the molecule is COc1cc(N(CC2CC2)c2ccc(C(F)(F)F)c3cccnc23)ccc1C(=O)C1CC1C=O. The van der Waals surface area contributed by atoms with Crippen LogP contribution in [-0.2, 0) is 11.0 Å². The molecule has 5 rings (SSSR count). The molecule has 2 aliphatic rings. The highest BCUT2D eigenvalue weighted by molar-refractivity contribution is 6.04. The fraction of sp³-hybridized carbons (Fsp3) is 0.346. The van der Waals surface area contributed by atoms with Crippen LogP contribution in [0.15, 0.2) is 48.7 Å². The standard InChI is InChI=1S/C26H23F3N2O3/c1-34-23-12-17(6-7-19(23)25(33)20-11-16(20)14-32)31(13-15-4-5-15)22-9-8-21(26(27,28)29)18-3-2-10-30-24(18)22/h2-3,6-10,12,14-16,20H,4-5,11,13H2,1H3. The molecule has 2 fully saturated rings. The first-order valence-electron chi connectivity index (χ1n) is 11.2. The lowest BCUT2D eigenvalue weighted by atomic mass is 10.0. The Morgan fingerprint density at radius 3 is 2.65 bits per heavy atom. The zero-order chi connectivity index (χ0) is 24.0. The van der Waals surface area contributed by atoms with Gasteiger partial charge in [-0.05, 0) is 55.5 Å². The number of carbonyl (C=O) groups excluding carboxylic acids is 2. The average Bonchev–Trinajstić information content (AvgIpc) is 3.75. The molecule has 2 saturated carbocycles. The summed E-state index contributed by atoms with van der Waals surface area (Å²) in [6.45, 7) is 0.614. The first-order valence-corrected chi connectivity index (χ1v) is 11.2. The molecule has 8 heteroatoms. The average molecular weight is 468 g/mol. The quantitative estimate of drug-likeness (QED) is 0.308. The number of Topliss-reactive ketones (excluding diaryl/α,β-unsaturated/α-hetero) is 1. The molecule has 2 atom stereocenters. The van der Waals surface area contributed by atoms with Gasteiger partial charge in [0, 0.05) is 41.7 Å². The molecule has 0 aliphatic heterocycles. The maximum Gasteiger partial charge on any atom is 0.417 e. The number of ketones is 1. The van der Waals surface area contributed by atoms with Gasteiger partial charge in [-0.15, -0.1) is 0 Å². The molecule has 1 aromatic heterocycles. The second-order valence-electron chi connectivity index (χ2n) is 8.97. The number of fused-ring (bicyclic) bond motifs is 1. The Balaban J connectivity index is 1.59. The summed E-state index contributed by atoms with van der Waals surface area (Å²) in [6, 6.07) is 10.7. The maximum atomic E-state index is 13.6. The van der Waals surface area contributed by atoms with E-state index in [4.69, 9.17) is 4.74 Å². The number of nitrogens with zero attached hydrogens (tertiary/aromatic N) is 2. The lowest BCUT2D eigenvalue weighted by Gasteiger charge is -2.27. The van der Waals surface area contributed by atoms with Crippen molar-refractivity contribution in [1.29, 1.82) is 0 Å². The summed E-state index contributed by atoms with van der Waals surface area (Å²) in [5.74, 6) is 0.115. The van der Waals surface area contributed by atoms with Crippen LogP contribution in [0.25, 0.3) is 10.9 Å². The van der Waals surface area contributed by atoms with Crippen LogP contribution in [0.1, 0.15) is 35.2 Å². The van der Waals surface area contributed by atoms with Crippen LogP contribution in [0.3, 0.4) is 0 Å². The van der Waals surface area contributed by atoms with Crippen LogP contribution in [0.5, 0.6) is 5.75 Å². The molecular weight excluding hydrogens is 445 g/mol. The molecule has 0 bridgehead atoms. The zero-order valence-corrected chi connectivity index (χ0v) is 18.5. The lowest BCUT2D eigenvalue weighted by molar-refractivity contribution is -0.136. The highest BCUT2D eigenvalue weighted by Gasteiger charge is 2.44. The number of ether oxygens (including phenoxy) is 1. The van der Waals surface area contributed by atoms with Crippen LogP contribution >= 0.6 is 0 Å². The third-order valence-electron chi connectivity index (χ3n) is 6.60. The van der Waals surface area contributed by atoms with Gasteiger partial charge in [0.1, 0.15) is 12.0 Å². The third kappa shape index (κ3) is 4.13. The normalized spacial score (nSPS) is 19.6. The van der Waals surface area contributed by atoms with E-state index in [-0.39, 0.29) is 28.5 Å². The minimum atomic E-state index is -4.49. The number of anilines is 2.